The number of hydrogen-bond donors (Lipinski definition) is 2. The molecule has 0 aliphatic rings. The smallest absolute Gasteiger partial charge is 0.255 e. The van der Waals surface area contributed by atoms with Crippen molar-refractivity contribution in [1.82, 2.24) is 0 Å². The molecular formula is C17H20N2O3S. The van der Waals surface area contributed by atoms with Gasteiger partial charge in [-0.1, -0.05) is 31.5 Å². The number of carbonyl (C=O) groups excluding carboxylic acids is 1. The summed E-state index contributed by atoms with van der Waals surface area (Å²) in [4.78, 5) is 12.1. The summed E-state index contributed by atoms with van der Waals surface area (Å²) < 4.78 is 26.2. The normalized spacial score (nSPS) is 11.0. The van der Waals surface area contributed by atoms with Crippen LogP contribution < -0.4 is 10.0 Å². The number of sulfonamides is 1. The molecule has 0 bridgehead atoms. The van der Waals surface area contributed by atoms with E-state index in [1.54, 1.807) is 36.4 Å². The van der Waals surface area contributed by atoms with Gasteiger partial charge in [0.25, 0.3) is 5.91 Å². The van der Waals surface area contributed by atoms with Gasteiger partial charge in [0.05, 0.1) is 5.75 Å². The van der Waals surface area contributed by atoms with Crippen molar-refractivity contribution in [3.63, 3.8) is 0 Å². The van der Waals surface area contributed by atoms with E-state index >= 15 is 0 Å². The number of hydrogen-bond acceptors (Lipinski definition) is 3. The number of carbonyl (C=O) groups is 1. The van der Waals surface area contributed by atoms with Crippen molar-refractivity contribution in [2.45, 2.75) is 19.8 Å². The minimum Gasteiger partial charge on any atom is -0.322 e. The van der Waals surface area contributed by atoms with Gasteiger partial charge in [0, 0.05) is 16.9 Å². The maximum Gasteiger partial charge on any atom is 0.255 e. The molecule has 2 aromatic rings. The molecule has 0 saturated carbocycles. The Morgan fingerprint density at radius 1 is 0.957 bits per heavy atom. The predicted octanol–water partition coefficient (Wildman–Crippen LogP) is 3.48. The van der Waals surface area contributed by atoms with Gasteiger partial charge in [0.1, 0.15) is 0 Å². The second kappa shape index (κ2) is 7.78. The van der Waals surface area contributed by atoms with Gasteiger partial charge in [-0.25, -0.2) is 8.42 Å². The van der Waals surface area contributed by atoms with Crippen molar-refractivity contribution < 1.29 is 13.2 Å². The van der Waals surface area contributed by atoms with Crippen molar-refractivity contribution in [3.8, 4) is 0 Å². The highest BCUT2D eigenvalue weighted by atomic mass is 32.2. The van der Waals surface area contributed by atoms with Crippen LogP contribution in [0.5, 0.6) is 0 Å². The van der Waals surface area contributed by atoms with E-state index in [1.807, 2.05) is 25.1 Å². The van der Waals surface area contributed by atoms with Gasteiger partial charge in [-0.3, -0.25) is 9.52 Å². The Bertz CT molecular complexity index is 741. The zero-order valence-corrected chi connectivity index (χ0v) is 13.8. The van der Waals surface area contributed by atoms with E-state index in [0.29, 0.717) is 23.4 Å². The molecule has 6 heteroatoms. The first-order valence-corrected chi connectivity index (χ1v) is 9.12. The Labute approximate surface area is 136 Å². The minimum absolute atomic E-state index is 0.0970. The number of rotatable bonds is 7. The molecule has 0 heterocycles. The van der Waals surface area contributed by atoms with Crippen LogP contribution in [-0.2, 0) is 10.0 Å². The average Bonchev–Trinajstić information content (AvgIpc) is 2.54. The SMILES string of the molecule is CCCCS(=O)(=O)Nc1ccc(C(=O)Nc2ccccc2)cc1. The fraction of sp³-hybridized carbons (Fsp3) is 0.235. The third kappa shape index (κ3) is 5.41. The maximum absolute atomic E-state index is 12.1. The predicted molar refractivity (Wildman–Crippen MR) is 93.2 cm³/mol. The number of anilines is 2. The van der Waals surface area contributed by atoms with Crippen molar-refractivity contribution in [3.05, 3.63) is 60.2 Å². The number of nitrogens with one attached hydrogen (secondary N) is 2. The van der Waals surface area contributed by atoms with Gasteiger partial charge in [0.15, 0.2) is 0 Å². The largest absolute Gasteiger partial charge is 0.322 e. The quantitative estimate of drug-likeness (QED) is 0.815. The first kappa shape index (κ1) is 17.0. The first-order chi connectivity index (χ1) is 11.0. The van der Waals surface area contributed by atoms with E-state index < -0.39 is 10.0 Å². The molecule has 0 aromatic heterocycles. The summed E-state index contributed by atoms with van der Waals surface area (Å²) in [6.07, 6.45) is 1.44. The summed E-state index contributed by atoms with van der Waals surface area (Å²) in [5.41, 5.74) is 1.63. The average molecular weight is 332 g/mol. The molecule has 23 heavy (non-hydrogen) atoms. The molecule has 1 amide bonds. The molecule has 0 aliphatic heterocycles. The van der Waals surface area contributed by atoms with E-state index in [9.17, 15) is 13.2 Å². The first-order valence-electron chi connectivity index (χ1n) is 7.47. The van der Waals surface area contributed by atoms with Gasteiger partial charge < -0.3 is 5.32 Å². The molecule has 0 unspecified atom stereocenters. The Morgan fingerprint density at radius 3 is 2.22 bits per heavy atom. The van der Waals surface area contributed by atoms with Gasteiger partial charge in [0.2, 0.25) is 10.0 Å². The molecule has 122 valence electrons. The highest BCUT2D eigenvalue weighted by Gasteiger charge is 2.10. The van der Waals surface area contributed by atoms with Crippen LogP contribution in [0.1, 0.15) is 30.1 Å². The number of benzene rings is 2. The summed E-state index contributed by atoms with van der Waals surface area (Å²) in [5, 5.41) is 2.78. The molecule has 2 rings (SSSR count). The van der Waals surface area contributed by atoms with Crippen LogP contribution in [0, 0.1) is 0 Å². The van der Waals surface area contributed by atoms with Crippen LogP contribution in [-0.4, -0.2) is 20.1 Å². The fourth-order valence-electron chi connectivity index (χ4n) is 1.98. The van der Waals surface area contributed by atoms with Crippen LogP contribution in [0.3, 0.4) is 0 Å². The van der Waals surface area contributed by atoms with E-state index in [-0.39, 0.29) is 11.7 Å². The lowest BCUT2D eigenvalue weighted by Crippen LogP contribution is -2.17. The van der Waals surface area contributed by atoms with Gasteiger partial charge in [-0.2, -0.15) is 0 Å². The summed E-state index contributed by atoms with van der Waals surface area (Å²) in [6.45, 7) is 1.94. The zero-order valence-electron chi connectivity index (χ0n) is 13.0. The number of para-hydroxylation sites is 1. The van der Waals surface area contributed by atoms with Crippen molar-refractivity contribution >= 4 is 27.3 Å². The Hall–Kier alpha value is -2.34. The molecule has 0 radical (unpaired) electrons. The molecule has 0 atom stereocenters. The Morgan fingerprint density at radius 2 is 1.61 bits per heavy atom. The molecule has 2 N–H and O–H groups in total. The van der Waals surface area contributed by atoms with E-state index in [1.165, 1.54) is 0 Å². The fourth-order valence-corrected chi connectivity index (χ4v) is 3.25. The standard InChI is InChI=1S/C17H20N2O3S/c1-2-3-13-23(21,22)19-16-11-9-14(10-12-16)17(20)18-15-7-5-4-6-8-15/h4-12,19H,2-3,13H2,1H3,(H,18,20). The number of amides is 1. The maximum atomic E-state index is 12.1. The molecule has 0 spiro atoms. The lowest BCUT2D eigenvalue weighted by molar-refractivity contribution is 0.102. The third-order valence-electron chi connectivity index (χ3n) is 3.22. The van der Waals surface area contributed by atoms with Crippen molar-refractivity contribution in [1.29, 1.82) is 0 Å². The monoisotopic (exact) mass is 332 g/mol. The molecule has 0 saturated heterocycles. The van der Waals surface area contributed by atoms with Crippen molar-refractivity contribution in [2.75, 3.05) is 15.8 Å². The topological polar surface area (TPSA) is 75.3 Å². The lowest BCUT2D eigenvalue weighted by Gasteiger charge is -2.09. The summed E-state index contributed by atoms with van der Waals surface area (Å²) in [6, 6.07) is 15.5. The second-order valence-electron chi connectivity index (χ2n) is 5.17. The summed E-state index contributed by atoms with van der Waals surface area (Å²) in [7, 11) is -3.33. The summed E-state index contributed by atoms with van der Waals surface area (Å²) in [5.74, 6) is -0.142. The Balaban J connectivity index is 2.00. The van der Waals surface area contributed by atoms with Gasteiger partial charge in [-0.05, 0) is 42.8 Å². The van der Waals surface area contributed by atoms with Crippen LogP contribution >= 0.6 is 0 Å². The zero-order chi connectivity index (χ0) is 16.7. The van der Waals surface area contributed by atoms with Crippen LogP contribution in [0.2, 0.25) is 0 Å². The second-order valence-corrected chi connectivity index (χ2v) is 7.01. The molecular weight excluding hydrogens is 312 g/mol. The highest BCUT2D eigenvalue weighted by molar-refractivity contribution is 7.92. The lowest BCUT2D eigenvalue weighted by atomic mass is 10.2. The van der Waals surface area contributed by atoms with Crippen molar-refractivity contribution in [2.24, 2.45) is 0 Å². The Kier molecular flexibility index (Phi) is 5.76. The van der Waals surface area contributed by atoms with Crippen LogP contribution in [0.4, 0.5) is 11.4 Å². The van der Waals surface area contributed by atoms with Crippen LogP contribution in [0.15, 0.2) is 54.6 Å². The van der Waals surface area contributed by atoms with Gasteiger partial charge >= 0.3 is 0 Å². The third-order valence-corrected chi connectivity index (χ3v) is 4.59. The molecule has 0 fully saturated rings. The molecule has 2 aromatic carbocycles. The van der Waals surface area contributed by atoms with Gasteiger partial charge in [-0.15, -0.1) is 0 Å². The van der Waals surface area contributed by atoms with E-state index in [4.69, 9.17) is 0 Å². The van der Waals surface area contributed by atoms with Crippen LogP contribution in [0.25, 0.3) is 0 Å². The summed E-state index contributed by atoms with van der Waals surface area (Å²) >= 11 is 0. The van der Waals surface area contributed by atoms with E-state index in [2.05, 4.69) is 10.0 Å². The molecule has 5 nitrogen and oxygen atoms in total. The van der Waals surface area contributed by atoms with E-state index in [0.717, 1.165) is 6.42 Å². The molecule has 0 aliphatic carbocycles. The highest BCUT2D eigenvalue weighted by Crippen LogP contribution is 2.14. The minimum atomic E-state index is -3.33. The number of unbranched alkanes of at least 4 members (excludes halogenated alkanes) is 1.